The van der Waals surface area contributed by atoms with Crippen LogP contribution in [0.15, 0.2) is 0 Å². The van der Waals surface area contributed by atoms with E-state index in [9.17, 15) is 22.8 Å². The van der Waals surface area contributed by atoms with Crippen molar-refractivity contribution in [3.05, 3.63) is 0 Å². The highest BCUT2D eigenvalue weighted by atomic mass is 19.4. The number of carbonyl (C=O) groups is 2. The number of carboxylic acid groups (broad SMARTS) is 1. The third-order valence-corrected chi connectivity index (χ3v) is 3.24. The highest BCUT2D eigenvalue weighted by molar-refractivity contribution is 5.88. The van der Waals surface area contributed by atoms with Crippen LogP contribution in [0.5, 0.6) is 0 Å². The zero-order valence-electron chi connectivity index (χ0n) is 9.80. The molecule has 1 saturated carbocycles. The van der Waals surface area contributed by atoms with Crippen LogP contribution in [-0.4, -0.2) is 34.2 Å². The second kappa shape index (κ2) is 4.42. The fourth-order valence-electron chi connectivity index (χ4n) is 1.74. The second-order valence-electron chi connectivity index (χ2n) is 4.86. The molecular formula is C10H15F3N2O3. The number of alkyl halides is 3. The SMILES string of the molecule is CC(N)(C(=O)NC1(CC(=O)O)CCC1)C(F)(F)F. The Hall–Kier alpha value is -1.31. The summed E-state index contributed by atoms with van der Waals surface area (Å²) in [5, 5.41) is 10.8. The number of carbonyl (C=O) groups excluding carboxylic acids is 1. The Balaban J connectivity index is 2.77. The van der Waals surface area contributed by atoms with Crippen molar-refractivity contribution in [2.24, 2.45) is 5.73 Å². The van der Waals surface area contributed by atoms with Gasteiger partial charge in [-0.2, -0.15) is 13.2 Å². The number of halogens is 3. The van der Waals surface area contributed by atoms with Crippen LogP contribution in [-0.2, 0) is 9.59 Å². The normalized spacial score (nSPS) is 21.6. The fourth-order valence-corrected chi connectivity index (χ4v) is 1.74. The summed E-state index contributed by atoms with van der Waals surface area (Å²) in [7, 11) is 0. The Morgan fingerprint density at radius 3 is 2.17 bits per heavy atom. The summed E-state index contributed by atoms with van der Waals surface area (Å²) in [6.45, 7) is 0.565. The van der Waals surface area contributed by atoms with Gasteiger partial charge in [0.1, 0.15) is 0 Å². The lowest BCUT2D eigenvalue weighted by Gasteiger charge is -2.43. The van der Waals surface area contributed by atoms with Crippen LogP contribution < -0.4 is 11.1 Å². The van der Waals surface area contributed by atoms with Gasteiger partial charge in [0.15, 0.2) is 5.54 Å². The molecule has 0 aliphatic heterocycles. The van der Waals surface area contributed by atoms with Gasteiger partial charge in [0, 0.05) is 0 Å². The number of hydrogen-bond donors (Lipinski definition) is 3. The maximum absolute atomic E-state index is 12.5. The highest BCUT2D eigenvalue weighted by Gasteiger charge is 2.56. The lowest BCUT2D eigenvalue weighted by atomic mass is 9.74. The predicted octanol–water partition coefficient (Wildman–Crippen LogP) is 0.780. The summed E-state index contributed by atoms with van der Waals surface area (Å²) in [5.74, 6) is -2.56. The van der Waals surface area contributed by atoms with Gasteiger partial charge in [-0.3, -0.25) is 9.59 Å². The van der Waals surface area contributed by atoms with Crippen molar-refractivity contribution in [1.82, 2.24) is 5.32 Å². The second-order valence-corrected chi connectivity index (χ2v) is 4.86. The van der Waals surface area contributed by atoms with E-state index in [1.807, 2.05) is 0 Å². The molecule has 0 radical (unpaired) electrons. The number of nitrogens with two attached hydrogens (primary N) is 1. The van der Waals surface area contributed by atoms with Crippen LogP contribution in [0, 0.1) is 0 Å². The zero-order valence-corrected chi connectivity index (χ0v) is 9.80. The van der Waals surface area contributed by atoms with Crippen molar-refractivity contribution in [2.45, 2.75) is 49.9 Å². The van der Waals surface area contributed by atoms with Gasteiger partial charge >= 0.3 is 12.1 Å². The molecule has 0 aromatic rings. The molecule has 1 unspecified atom stereocenters. The van der Waals surface area contributed by atoms with Crippen molar-refractivity contribution in [2.75, 3.05) is 0 Å². The van der Waals surface area contributed by atoms with E-state index < -0.39 is 35.6 Å². The molecule has 104 valence electrons. The van der Waals surface area contributed by atoms with Gasteiger partial charge in [-0.15, -0.1) is 0 Å². The van der Waals surface area contributed by atoms with E-state index in [1.54, 1.807) is 0 Å². The van der Waals surface area contributed by atoms with Crippen molar-refractivity contribution in [3.8, 4) is 0 Å². The van der Waals surface area contributed by atoms with Gasteiger partial charge in [0.2, 0.25) is 5.91 Å². The molecule has 0 aromatic carbocycles. The van der Waals surface area contributed by atoms with Crippen molar-refractivity contribution < 1.29 is 27.9 Å². The number of rotatable bonds is 4. The van der Waals surface area contributed by atoms with Gasteiger partial charge in [0.05, 0.1) is 12.0 Å². The predicted molar refractivity (Wildman–Crippen MR) is 55.6 cm³/mol. The average Bonchev–Trinajstić information content (AvgIpc) is 2.11. The molecule has 0 heterocycles. The first kappa shape index (κ1) is 14.7. The van der Waals surface area contributed by atoms with E-state index in [1.165, 1.54) is 0 Å². The van der Waals surface area contributed by atoms with Gasteiger partial charge in [-0.1, -0.05) is 0 Å². The van der Waals surface area contributed by atoms with Crippen LogP contribution in [0.2, 0.25) is 0 Å². The summed E-state index contributed by atoms with van der Waals surface area (Å²) < 4.78 is 37.6. The monoisotopic (exact) mass is 268 g/mol. The summed E-state index contributed by atoms with van der Waals surface area (Å²) in [6, 6.07) is 0. The molecule has 4 N–H and O–H groups in total. The number of aliphatic carboxylic acids is 1. The topological polar surface area (TPSA) is 92.4 Å². The summed E-state index contributed by atoms with van der Waals surface area (Å²) >= 11 is 0. The summed E-state index contributed by atoms with van der Waals surface area (Å²) in [6.07, 6.45) is -3.92. The van der Waals surface area contributed by atoms with E-state index in [4.69, 9.17) is 10.8 Å². The Morgan fingerprint density at radius 1 is 1.39 bits per heavy atom. The van der Waals surface area contributed by atoms with E-state index in [0.717, 1.165) is 0 Å². The van der Waals surface area contributed by atoms with Gasteiger partial charge < -0.3 is 16.2 Å². The lowest BCUT2D eigenvalue weighted by molar-refractivity contribution is -0.189. The Labute approximate surface area is 102 Å². The van der Waals surface area contributed by atoms with Crippen LogP contribution in [0.3, 0.4) is 0 Å². The number of nitrogens with one attached hydrogen (secondary N) is 1. The first-order chi connectivity index (χ1) is 8.00. The standard InChI is InChI=1S/C10H15F3N2O3/c1-8(14,10(11,12)13)7(18)15-9(3-2-4-9)5-6(16)17/h2-5,14H2,1H3,(H,15,18)(H,16,17). The van der Waals surface area contributed by atoms with Crippen LogP contribution >= 0.6 is 0 Å². The highest BCUT2D eigenvalue weighted by Crippen LogP contribution is 2.36. The molecule has 1 fully saturated rings. The fraction of sp³-hybridized carbons (Fsp3) is 0.800. The average molecular weight is 268 g/mol. The Kier molecular flexibility index (Phi) is 3.62. The van der Waals surface area contributed by atoms with Gasteiger partial charge in [-0.25, -0.2) is 0 Å². The van der Waals surface area contributed by atoms with Crippen LogP contribution in [0.25, 0.3) is 0 Å². The zero-order chi connectivity index (χ0) is 14.2. The van der Waals surface area contributed by atoms with Crippen molar-refractivity contribution >= 4 is 11.9 Å². The van der Waals surface area contributed by atoms with Crippen molar-refractivity contribution in [3.63, 3.8) is 0 Å². The summed E-state index contributed by atoms with van der Waals surface area (Å²) in [5.41, 5.74) is 0.861. The molecule has 18 heavy (non-hydrogen) atoms. The van der Waals surface area contributed by atoms with E-state index in [0.29, 0.717) is 26.2 Å². The van der Waals surface area contributed by atoms with Crippen LogP contribution in [0.1, 0.15) is 32.6 Å². The molecule has 1 rings (SSSR count). The minimum atomic E-state index is -4.88. The largest absolute Gasteiger partial charge is 0.481 e. The molecule has 1 aliphatic carbocycles. The molecule has 1 aliphatic rings. The smallest absolute Gasteiger partial charge is 0.415 e. The van der Waals surface area contributed by atoms with Crippen LogP contribution in [0.4, 0.5) is 13.2 Å². The first-order valence-corrected chi connectivity index (χ1v) is 5.40. The van der Waals surface area contributed by atoms with Gasteiger partial charge in [0.25, 0.3) is 0 Å². The number of carboxylic acids is 1. The first-order valence-electron chi connectivity index (χ1n) is 5.40. The third-order valence-electron chi connectivity index (χ3n) is 3.24. The van der Waals surface area contributed by atoms with Gasteiger partial charge in [-0.05, 0) is 26.2 Å². The molecular weight excluding hydrogens is 253 g/mol. The van der Waals surface area contributed by atoms with E-state index >= 15 is 0 Å². The maximum Gasteiger partial charge on any atom is 0.415 e. The molecule has 0 aromatic heterocycles. The lowest BCUT2D eigenvalue weighted by Crippen LogP contribution is -2.67. The third kappa shape index (κ3) is 2.74. The molecule has 1 atom stereocenters. The minimum absolute atomic E-state index is 0.346. The molecule has 8 heteroatoms. The molecule has 1 amide bonds. The Morgan fingerprint density at radius 2 is 1.89 bits per heavy atom. The quantitative estimate of drug-likeness (QED) is 0.702. The van der Waals surface area contributed by atoms with Crippen molar-refractivity contribution in [1.29, 1.82) is 0 Å². The molecule has 5 nitrogen and oxygen atoms in total. The number of amides is 1. The van der Waals surface area contributed by atoms with E-state index in [-0.39, 0.29) is 0 Å². The number of hydrogen-bond acceptors (Lipinski definition) is 3. The summed E-state index contributed by atoms with van der Waals surface area (Å²) in [4.78, 5) is 22.2. The Bertz CT molecular complexity index is 362. The molecule has 0 bridgehead atoms. The minimum Gasteiger partial charge on any atom is -0.481 e. The van der Waals surface area contributed by atoms with E-state index in [2.05, 4.69) is 5.32 Å². The maximum atomic E-state index is 12.5. The molecule has 0 saturated heterocycles. The molecule has 0 spiro atoms.